The van der Waals surface area contributed by atoms with Crippen molar-refractivity contribution in [2.75, 3.05) is 5.75 Å². The van der Waals surface area contributed by atoms with Crippen molar-refractivity contribution in [1.82, 2.24) is 10.3 Å². The van der Waals surface area contributed by atoms with Crippen molar-refractivity contribution in [1.29, 1.82) is 5.26 Å². The van der Waals surface area contributed by atoms with E-state index in [1.807, 2.05) is 13.8 Å². The van der Waals surface area contributed by atoms with Crippen molar-refractivity contribution in [2.45, 2.75) is 25.4 Å². The Morgan fingerprint density at radius 1 is 1.33 bits per heavy atom. The van der Waals surface area contributed by atoms with E-state index in [-0.39, 0.29) is 23.8 Å². The van der Waals surface area contributed by atoms with Gasteiger partial charge >= 0.3 is 0 Å². The summed E-state index contributed by atoms with van der Waals surface area (Å²) in [5, 5.41) is 12.2. The number of thioether (sulfide) groups is 1. The van der Waals surface area contributed by atoms with E-state index < -0.39 is 11.6 Å². The van der Waals surface area contributed by atoms with E-state index in [2.05, 4.69) is 16.4 Å². The number of carbonyl (C=O) groups excluding carboxylic acids is 1. The van der Waals surface area contributed by atoms with Crippen LogP contribution >= 0.6 is 11.8 Å². The molecule has 2 rings (SSSR count). The summed E-state index contributed by atoms with van der Waals surface area (Å²) in [6.45, 7) is 3.52. The lowest BCUT2D eigenvalue weighted by atomic mass is 10.1. The molecule has 0 unspecified atom stereocenters. The Hall–Kier alpha value is -2.46. The predicted molar refractivity (Wildman–Crippen MR) is 87.4 cm³/mol. The quantitative estimate of drug-likeness (QED) is 0.843. The van der Waals surface area contributed by atoms with Crippen LogP contribution in [0.1, 0.15) is 22.4 Å². The molecule has 0 saturated heterocycles. The van der Waals surface area contributed by atoms with E-state index in [1.54, 1.807) is 6.07 Å². The van der Waals surface area contributed by atoms with Gasteiger partial charge in [-0.05, 0) is 43.7 Å². The fourth-order valence-corrected chi connectivity index (χ4v) is 3.03. The third-order valence-corrected chi connectivity index (χ3v) is 4.22. The first-order valence-electron chi connectivity index (χ1n) is 7.12. The summed E-state index contributed by atoms with van der Waals surface area (Å²) in [4.78, 5) is 16.2. The SMILES string of the molecule is Cc1cc(C)c(C#N)c(SCC(=O)NCc2cc(F)ccc2F)n1. The van der Waals surface area contributed by atoms with Gasteiger partial charge in [-0.1, -0.05) is 11.8 Å². The molecule has 1 N–H and O–H groups in total. The highest BCUT2D eigenvalue weighted by molar-refractivity contribution is 8.00. The lowest BCUT2D eigenvalue weighted by Crippen LogP contribution is -2.25. The monoisotopic (exact) mass is 347 g/mol. The molecule has 1 aromatic carbocycles. The smallest absolute Gasteiger partial charge is 0.230 e. The third-order valence-electron chi connectivity index (χ3n) is 3.25. The van der Waals surface area contributed by atoms with Crippen molar-refractivity contribution in [3.8, 4) is 6.07 Å². The van der Waals surface area contributed by atoms with Gasteiger partial charge in [-0.25, -0.2) is 13.8 Å². The van der Waals surface area contributed by atoms with Gasteiger partial charge in [0.2, 0.25) is 5.91 Å². The summed E-state index contributed by atoms with van der Waals surface area (Å²) in [7, 11) is 0. The first-order valence-corrected chi connectivity index (χ1v) is 8.11. The Morgan fingerprint density at radius 2 is 2.08 bits per heavy atom. The Kier molecular flexibility index (Phi) is 5.88. The molecule has 0 bridgehead atoms. The highest BCUT2D eigenvalue weighted by atomic mass is 32.2. The predicted octanol–water partition coefficient (Wildman–Crippen LogP) is 3.26. The standard InChI is InChI=1S/C17H15F2N3OS/c1-10-5-11(2)22-17(14(10)7-20)24-9-16(23)21-8-12-6-13(18)3-4-15(12)19/h3-6H,8-9H2,1-2H3,(H,21,23). The number of aryl methyl sites for hydroxylation is 2. The van der Waals surface area contributed by atoms with E-state index >= 15 is 0 Å². The van der Waals surface area contributed by atoms with E-state index in [9.17, 15) is 18.8 Å². The Bertz CT molecular complexity index is 818. The molecule has 0 radical (unpaired) electrons. The number of hydrogen-bond donors (Lipinski definition) is 1. The molecule has 2 aromatic rings. The minimum Gasteiger partial charge on any atom is -0.351 e. The van der Waals surface area contributed by atoms with Gasteiger partial charge in [0.1, 0.15) is 22.7 Å². The second-order valence-corrected chi connectivity index (χ2v) is 6.14. The van der Waals surface area contributed by atoms with Crippen LogP contribution in [0.5, 0.6) is 0 Å². The summed E-state index contributed by atoms with van der Waals surface area (Å²) >= 11 is 1.14. The molecule has 0 atom stereocenters. The summed E-state index contributed by atoms with van der Waals surface area (Å²) in [6, 6.07) is 6.96. The molecular weight excluding hydrogens is 332 g/mol. The number of halogens is 2. The summed E-state index contributed by atoms with van der Waals surface area (Å²) in [6.07, 6.45) is 0. The third kappa shape index (κ3) is 4.52. The molecule has 0 aliphatic rings. The van der Waals surface area contributed by atoms with Crippen molar-refractivity contribution < 1.29 is 13.6 Å². The maximum Gasteiger partial charge on any atom is 0.230 e. The average Bonchev–Trinajstić information content (AvgIpc) is 2.53. The largest absolute Gasteiger partial charge is 0.351 e. The second kappa shape index (κ2) is 7.88. The van der Waals surface area contributed by atoms with Gasteiger partial charge in [0.05, 0.1) is 11.3 Å². The van der Waals surface area contributed by atoms with Crippen LogP contribution in [-0.4, -0.2) is 16.6 Å². The molecular formula is C17H15F2N3OS. The van der Waals surface area contributed by atoms with Gasteiger partial charge in [-0.2, -0.15) is 5.26 Å². The van der Waals surface area contributed by atoms with E-state index in [0.717, 1.165) is 41.2 Å². The number of hydrogen-bond acceptors (Lipinski definition) is 4. The number of benzene rings is 1. The Balaban J connectivity index is 1.97. The molecule has 4 nitrogen and oxygen atoms in total. The lowest BCUT2D eigenvalue weighted by Gasteiger charge is -2.08. The highest BCUT2D eigenvalue weighted by Gasteiger charge is 2.12. The van der Waals surface area contributed by atoms with Crippen LogP contribution in [0.2, 0.25) is 0 Å². The zero-order chi connectivity index (χ0) is 17.7. The number of carbonyl (C=O) groups is 1. The maximum absolute atomic E-state index is 13.5. The number of amides is 1. The number of nitrogens with zero attached hydrogens (tertiary/aromatic N) is 2. The molecule has 7 heteroatoms. The van der Waals surface area contributed by atoms with Crippen LogP contribution in [0.25, 0.3) is 0 Å². The van der Waals surface area contributed by atoms with Crippen molar-refractivity contribution >= 4 is 17.7 Å². The molecule has 0 aliphatic carbocycles. The Labute approximate surface area is 142 Å². The van der Waals surface area contributed by atoms with Crippen LogP contribution in [0.15, 0.2) is 29.3 Å². The number of aromatic nitrogens is 1. The molecule has 1 amide bonds. The summed E-state index contributed by atoms with van der Waals surface area (Å²) in [5.74, 6) is -1.46. The number of nitrogens with one attached hydrogen (secondary N) is 1. The summed E-state index contributed by atoms with van der Waals surface area (Å²) < 4.78 is 26.6. The summed E-state index contributed by atoms with van der Waals surface area (Å²) in [5.41, 5.74) is 2.08. The van der Waals surface area contributed by atoms with Gasteiger partial charge in [0.15, 0.2) is 0 Å². The molecule has 1 aromatic heterocycles. The van der Waals surface area contributed by atoms with E-state index in [4.69, 9.17) is 0 Å². The molecule has 24 heavy (non-hydrogen) atoms. The van der Waals surface area contributed by atoms with Gasteiger partial charge in [-0.15, -0.1) is 0 Å². The number of nitriles is 1. The highest BCUT2D eigenvalue weighted by Crippen LogP contribution is 2.23. The fraction of sp³-hybridized carbons (Fsp3) is 0.235. The van der Waals surface area contributed by atoms with Crippen LogP contribution in [0.4, 0.5) is 8.78 Å². The minimum absolute atomic E-state index is 0.0293. The lowest BCUT2D eigenvalue weighted by molar-refractivity contribution is -0.118. The average molecular weight is 347 g/mol. The van der Waals surface area contributed by atoms with Crippen LogP contribution in [0.3, 0.4) is 0 Å². The molecule has 0 aliphatic heterocycles. The molecule has 0 saturated carbocycles. The van der Waals surface area contributed by atoms with Gasteiger partial charge in [-0.3, -0.25) is 4.79 Å². The van der Waals surface area contributed by atoms with E-state index in [1.165, 1.54) is 0 Å². The first-order chi connectivity index (χ1) is 11.4. The minimum atomic E-state index is -0.577. The fourth-order valence-electron chi connectivity index (χ4n) is 2.10. The second-order valence-electron chi connectivity index (χ2n) is 5.17. The van der Waals surface area contributed by atoms with Crippen LogP contribution in [0, 0.1) is 36.8 Å². The van der Waals surface area contributed by atoms with Gasteiger partial charge < -0.3 is 5.32 Å². The van der Waals surface area contributed by atoms with Crippen LogP contribution < -0.4 is 5.32 Å². The normalized spacial score (nSPS) is 10.3. The number of rotatable bonds is 5. The van der Waals surface area contributed by atoms with Crippen molar-refractivity contribution in [3.63, 3.8) is 0 Å². The Morgan fingerprint density at radius 3 is 2.79 bits per heavy atom. The van der Waals surface area contributed by atoms with Gasteiger partial charge in [0, 0.05) is 17.8 Å². The van der Waals surface area contributed by atoms with Crippen molar-refractivity contribution in [2.24, 2.45) is 0 Å². The van der Waals surface area contributed by atoms with Crippen LogP contribution in [-0.2, 0) is 11.3 Å². The van der Waals surface area contributed by atoms with E-state index in [0.29, 0.717) is 10.6 Å². The first kappa shape index (κ1) is 17.9. The molecule has 0 spiro atoms. The zero-order valence-corrected chi connectivity index (χ0v) is 14.0. The van der Waals surface area contributed by atoms with Crippen molar-refractivity contribution in [3.05, 3.63) is 58.3 Å². The topological polar surface area (TPSA) is 65.8 Å². The maximum atomic E-state index is 13.5. The molecule has 124 valence electrons. The molecule has 1 heterocycles. The zero-order valence-electron chi connectivity index (χ0n) is 13.2. The number of pyridine rings is 1. The van der Waals surface area contributed by atoms with Gasteiger partial charge in [0.25, 0.3) is 0 Å². The molecule has 0 fully saturated rings.